The van der Waals surface area contributed by atoms with E-state index in [-0.39, 0.29) is 25.0 Å². The molecule has 0 saturated heterocycles. The standard InChI is InChI=1S/C24H32N6O8S/c1-39-7-6-17(28-21(34)16(25)10-20(32)33)22(35)29-18(9-14-11-26-12-27-14)23(36)30-19(24(37)38)8-13-2-4-15(31)5-3-13/h2-5,11-12,16-19,31H,6-10,25H2,1H3,(H,26,27)(H,28,34)(H,29,35)(H,30,36)(H,32,33)(H,37,38). The van der Waals surface area contributed by atoms with Crippen molar-refractivity contribution in [1.82, 2.24) is 25.9 Å². The molecule has 15 heteroatoms. The molecule has 0 aliphatic rings. The van der Waals surface area contributed by atoms with Gasteiger partial charge in [-0.2, -0.15) is 11.8 Å². The van der Waals surface area contributed by atoms with Gasteiger partial charge in [-0.25, -0.2) is 9.78 Å². The molecule has 4 unspecified atom stereocenters. The summed E-state index contributed by atoms with van der Waals surface area (Å²) in [6.45, 7) is 0. The smallest absolute Gasteiger partial charge is 0.326 e. The molecular formula is C24H32N6O8S. The Labute approximate surface area is 228 Å². The predicted octanol–water partition coefficient (Wildman–Crippen LogP) is -1.01. The summed E-state index contributed by atoms with van der Waals surface area (Å²) in [5.74, 6) is -4.49. The third kappa shape index (κ3) is 10.6. The average molecular weight is 565 g/mol. The van der Waals surface area contributed by atoms with Gasteiger partial charge in [-0.1, -0.05) is 12.1 Å². The van der Waals surface area contributed by atoms with Crippen LogP contribution in [-0.2, 0) is 36.8 Å². The lowest BCUT2D eigenvalue weighted by atomic mass is 10.0. The molecule has 0 fully saturated rings. The number of nitrogens with two attached hydrogens (primary N) is 1. The molecule has 1 aromatic carbocycles. The van der Waals surface area contributed by atoms with Crippen LogP contribution in [0.5, 0.6) is 5.75 Å². The van der Waals surface area contributed by atoms with Crippen LogP contribution >= 0.6 is 11.8 Å². The number of aromatic nitrogens is 2. The van der Waals surface area contributed by atoms with E-state index in [0.717, 1.165) is 0 Å². The van der Waals surface area contributed by atoms with Crippen molar-refractivity contribution in [2.24, 2.45) is 5.73 Å². The number of nitrogens with one attached hydrogen (secondary N) is 4. The average Bonchev–Trinajstić information content (AvgIpc) is 3.39. The van der Waals surface area contributed by atoms with Crippen LogP contribution in [0.25, 0.3) is 0 Å². The Hall–Kier alpha value is -4.11. The highest BCUT2D eigenvalue weighted by atomic mass is 32.2. The van der Waals surface area contributed by atoms with E-state index in [9.17, 15) is 34.2 Å². The number of benzene rings is 1. The number of rotatable bonds is 16. The number of thioether (sulfide) groups is 1. The van der Waals surface area contributed by atoms with Crippen molar-refractivity contribution in [1.29, 1.82) is 0 Å². The number of carbonyl (C=O) groups excluding carboxylic acids is 3. The number of phenolic OH excluding ortho intramolecular Hbond substituents is 1. The van der Waals surface area contributed by atoms with E-state index in [1.807, 2.05) is 0 Å². The van der Waals surface area contributed by atoms with Gasteiger partial charge in [0.25, 0.3) is 0 Å². The van der Waals surface area contributed by atoms with Gasteiger partial charge in [0.05, 0.1) is 18.8 Å². The number of nitrogens with zero attached hydrogens (tertiary/aromatic N) is 1. The number of carbonyl (C=O) groups is 5. The Morgan fingerprint density at radius 2 is 1.56 bits per heavy atom. The molecule has 0 saturated carbocycles. The summed E-state index contributed by atoms with van der Waals surface area (Å²) >= 11 is 1.41. The first-order valence-electron chi connectivity index (χ1n) is 11.9. The molecule has 0 radical (unpaired) electrons. The third-order valence-electron chi connectivity index (χ3n) is 5.58. The quantitative estimate of drug-likeness (QED) is 0.123. The number of aromatic hydroxyl groups is 1. The predicted molar refractivity (Wildman–Crippen MR) is 141 cm³/mol. The lowest BCUT2D eigenvalue weighted by Gasteiger charge is -2.25. The first kappa shape index (κ1) is 31.1. The second-order valence-electron chi connectivity index (χ2n) is 8.66. The van der Waals surface area contributed by atoms with Crippen LogP contribution in [0.2, 0.25) is 0 Å². The molecule has 3 amide bonds. The SMILES string of the molecule is CSCCC(NC(=O)C(N)CC(=O)O)C(=O)NC(Cc1cnc[nH]1)C(=O)NC(Cc1ccc(O)cc1)C(=O)O. The van der Waals surface area contributed by atoms with Crippen LogP contribution in [0.4, 0.5) is 0 Å². The summed E-state index contributed by atoms with van der Waals surface area (Å²) < 4.78 is 0. The lowest BCUT2D eigenvalue weighted by Crippen LogP contribution is -2.58. The summed E-state index contributed by atoms with van der Waals surface area (Å²) in [6.07, 6.45) is 3.99. The molecule has 1 heterocycles. The van der Waals surface area contributed by atoms with Gasteiger partial charge in [-0.3, -0.25) is 19.2 Å². The molecule has 39 heavy (non-hydrogen) atoms. The minimum absolute atomic E-state index is 0.00373. The number of aromatic amines is 1. The van der Waals surface area contributed by atoms with E-state index < -0.39 is 60.2 Å². The fraction of sp³-hybridized carbons (Fsp3) is 0.417. The van der Waals surface area contributed by atoms with Crippen molar-refractivity contribution in [3.05, 3.63) is 48.0 Å². The maximum Gasteiger partial charge on any atom is 0.326 e. The molecule has 4 atom stereocenters. The maximum atomic E-state index is 13.2. The minimum atomic E-state index is -1.38. The highest BCUT2D eigenvalue weighted by Crippen LogP contribution is 2.12. The van der Waals surface area contributed by atoms with Gasteiger partial charge in [0, 0.05) is 24.7 Å². The summed E-state index contributed by atoms with van der Waals surface area (Å²) in [6, 6.07) is 0.725. The van der Waals surface area contributed by atoms with E-state index in [1.165, 1.54) is 48.6 Å². The highest BCUT2D eigenvalue weighted by Gasteiger charge is 2.31. The van der Waals surface area contributed by atoms with Crippen molar-refractivity contribution in [2.45, 2.75) is 49.9 Å². The van der Waals surface area contributed by atoms with Crippen LogP contribution in [0, 0.1) is 0 Å². The topological polar surface area (TPSA) is 237 Å². The second-order valence-corrected chi connectivity index (χ2v) is 9.64. The number of carboxylic acid groups (broad SMARTS) is 2. The van der Waals surface area contributed by atoms with Gasteiger partial charge in [-0.05, 0) is 36.1 Å². The van der Waals surface area contributed by atoms with Crippen molar-refractivity contribution in [3.63, 3.8) is 0 Å². The maximum absolute atomic E-state index is 13.2. The summed E-state index contributed by atoms with van der Waals surface area (Å²) in [7, 11) is 0. The monoisotopic (exact) mass is 564 g/mol. The number of hydrogen-bond acceptors (Lipinski definition) is 9. The number of amides is 3. The van der Waals surface area contributed by atoms with Gasteiger partial charge in [0.15, 0.2) is 0 Å². The normalized spacial score (nSPS) is 13.9. The van der Waals surface area contributed by atoms with Crippen LogP contribution in [0.1, 0.15) is 24.1 Å². The minimum Gasteiger partial charge on any atom is -0.508 e. The lowest BCUT2D eigenvalue weighted by molar-refractivity contribution is -0.142. The Kier molecular flexibility index (Phi) is 12.2. The summed E-state index contributed by atoms with van der Waals surface area (Å²) in [5.41, 5.74) is 6.64. The number of phenols is 1. The molecule has 9 N–H and O–H groups in total. The van der Waals surface area contributed by atoms with Gasteiger partial charge in [0.1, 0.15) is 23.9 Å². The third-order valence-corrected chi connectivity index (χ3v) is 6.22. The number of imidazole rings is 1. The zero-order valence-electron chi connectivity index (χ0n) is 21.1. The Morgan fingerprint density at radius 1 is 0.949 bits per heavy atom. The van der Waals surface area contributed by atoms with Crippen molar-refractivity contribution in [2.75, 3.05) is 12.0 Å². The first-order chi connectivity index (χ1) is 18.5. The Morgan fingerprint density at radius 3 is 2.13 bits per heavy atom. The fourth-order valence-electron chi connectivity index (χ4n) is 3.50. The molecule has 2 aromatic rings. The number of hydrogen-bond donors (Lipinski definition) is 8. The molecule has 0 aliphatic heterocycles. The van der Waals surface area contributed by atoms with Crippen LogP contribution in [-0.4, -0.2) is 91.1 Å². The zero-order chi connectivity index (χ0) is 28.9. The number of aliphatic carboxylic acids is 2. The Bertz CT molecular complexity index is 1130. The molecule has 14 nitrogen and oxygen atoms in total. The molecule has 1 aromatic heterocycles. The molecular weight excluding hydrogens is 532 g/mol. The summed E-state index contributed by atoms with van der Waals surface area (Å²) in [5, 5.41) is 35.5. The fourth-order valence-corrected chi connectivity index (χ4v) is 3.97. The van der Waals surface area contributed by atoms with Gasteiger partial charge in [0.2, 0.25) is 17.7 Å². The Balaban J connectivity index is 2.20. The zero-order valence-corrected chi connectivity index (χ0v) is 21.9. The van der Waals surface area contributed by atoms with Crippen LogP contribution in [0.15, 0.2) is 36.8 Å². The number of carboxylic acids is 2. The van der Waals surface area contributed by atoms with E-state index in [1.54, 1.807) is 6.26 Å². The molecule has 2 rings (SSSR count). The molecule has 212 valence electrons. The van der Waals surface area contributed by atoms with Crippen molar-refractivity contribution in [3.8, 4) is 5.75 Å². The van der Waals surface area contributed by atoms with Crippen LogP contribution < -0.4 is 21.7 Å². The largest absolute Gasteiger partial charge is 0.508 e. The molecule has 0 aliphatic carbocycles. The number of H-pyrrole nitrogens is 1. The highest BCUT2D eigenvalue weighted by molar-refractivity contribution is 7.98. The van der Waals surface area contributed by atoms with E-state index in [4.69, 9.17) is 10.8 Å². The van der Waals surface area contributed by atoms with Gasteiger partial charge in [-0.15, -0.1) is 0 Å². The van der Waals surface area contributed by atoms with Crippen molar-refractivity contribution < 1.29 is 39.3 Å². The van der Waals surface area contributed by atoms with E-state index in [2.05, 4.69) is 25.9 Å². The molecule has 0 bridgehead atoms. The van der Waals surface area contributed by atoms with Crippen LogP contribution in [0.3, 0.4) is 0 Å². The van der Waals surface area contributed by atoms with Crippen molar-refractivity contribution >= 4 is 41.4 Å². The first-order valence-corrected chi connectivity index (χ1v) is 13.2. The van der Waals surface area contributed by atoms with E-state index >= 15 is 0 Å². The van der Waals surface area contributed by atoms with Gasteiger partial charge >= 0.3 is 11.9 Å². The molecule has 0 spiro atoms. The second kappa shape index (κ2) is 15.3. The van der Waals surface area contributed by atoms with Gasteiger partial charge < -0.3 is 42.0 Å². The summed E-state index contributed by atoms with van der Waals surface area (Å²) in [4.78, 5) is 68.3. The van der Waals surface area contributed by atoms with E-state index in [0.29, 0.717) is 17.0 Å².